The lowest BCUT2D eigenvalue weighted by Gasteiger charge is -2.37. The van der Waals surface area contributed by atoms with Crippen LogP contribution in [-0.4, -0.2) is 29.7 Å². The maximum Gasteiger partial charge on any atom is 0.351 e. The van der Waals surface area contributed by atoms with E-state index in [2.05, 4.69) is 98.2 Å². The zero-order valence-electron chi connectivity index (χ0n) is 23.2. The first-order valence-electron chi connectivity index (χ1n) is 13.8. The lowest BCUT2D eigenvalue weighted by atomic mass is 9.75. The van der Waals surface area contributed by atoms with Crippen LogP contribution in [0.5, 0.6) is 0 Å². The molecule has 5 nitrogen and oxygen atoms in total. The molecule has 0 radical (unpaired) electrons. The van der Waals surface area contributed by atoms with Gasteiger partial charge in [0.25, 0.3) is 5.82 Å². The van der Waals surface area contributed by atoms with Gasteiger partial charge in [0, 0.05) is 18.8 Å². The lowest BCUT2D eigenvalue weighted by Crippen LogP contribution is -2.38. The third kappa shape index (κ3) is 5.02. The van der Waals surface area contributed by atoms with Crippen LogP contribution in [0.1, 0.15) is 66.8 Å². The summed E-state index contributed by atoms with van der Waals surface area (Å²) in [6.07, 6.45) is 3.31. The minimum Gasteiger partial charge on any atom is -0.459 e. The molecule has 0 bridgehead atoms. The topological polar surface area (TPSA) is 38.4 Å². The van der Waals surface area contributed by atoms with Crippen molar-refractivity contribution in [2.24, 2.45) is 24.8 Å². The van der Waals surface area contributed by atoms with Crippen molar-refractivity contribution in [2.75, 3.05) is 18.0 Å². The fourth-order valence-corrected chi connectivity index (χ4v) is 6.08. The Morgan fingerprint density at radius 1 is 1.06 bits per heavy atom. The molecule has 0 saturated heterocycles. The number of hydrogen-bond donors (Lipinski definition) is 0. The van der Waals surface area contributed by atoms with Gasteiger partial charge in [-0.05, 0) is 87.8 Å². The number of esters is 1. The van der Waals surface area contributed by atoms with Gasteiger partial charge in [0.15, 0.2) is 17.1 Å². The Morgan fingerprint density at radius 3 is 2.36 bits per heavy atom. The van der Waals surface area contributed by atoms with Crippen molar-refractivity contribution in [1.82, 2.24) is 4.57 Å². The molecule has 5 heteroatoms. The number of ether oxygens (including phenoxy) is 1. The van der Waals surface area contributed by atoms with Crippen molar-refractivity contribution in [1.29, 1.82) is 0 Å². The first-order chi connectivity index (χ1) is 17.3. The van der Waals surface area contributed by atoms with Gasteiger partial charge in [0.1, 0.15) is 6.10 Å². The van der Waals surface area contributed by atoms with Gasteiger partial charge in [-0.1, -0.05) is 39.3 Å². The Morgan fingerprint density at radius 2 is 1.72 bits per heavy atom. The molecule has 0 spiro atoms. The number of hydrogen-bond acceptors (Lipinski definition) is 3. The summed E-state index contributed by atoms with van der Waals surface area (Å²) in [6, 6.07) is 16.6. The second-order valence-corrected chi connectivity index (χ2v) is 10.9. The van der Waals surface area contributed by atoms with Crippen LogP contribution in [0.4, 0.5) is 5.69 Å². The second-order valence-electron chi connectivity index (χ2n) is 10.9. The summed E-state index contributed by atoms with van der Waals surface area (Å²) in [4.78, 5) is 16.0. The van der Waals surface area contributed by atoms with E-state index >= 15 is 0 Å². The van der Waals surface area contributed by atoms with E-state index in [0.717, 1.165) is 48.4 Å². The van der Waals surface area contributed by atoms with Gasteiger partial charge in [0.2, 0.25) is 0 Å². The first-order valence-corrected chi connectivity index (χ1v) is 13.8. The molecule has 0 N–H and O–H groups in total. The summed E-state index contributed by atoms with van der Waals surface area (Å²) in [5.41, 5.74) is 4.46. The minimum absolute atomic E-state index is 0.00363. The molecule has 4 rings (SSSR count). The number of para-hydroxylation sites is 2. The molecule has 194 valence electrons. The smallest absolute Gasteiger partial charge is 0.351 e. The van der Waals surface area contributed by atoms with Crippen LogP contribution in [0.2, 0.25) is 0 Å². The Bertz CT molecular complexity index is 1180. The SMILES string of the molecule is CCN(CC)c1ccc(-c2n([C@H](C)C(=O)O[C@@H]3C[C@H](C)CC[C@H]3C(C)C)c3ccccc3[n+]2C)cc1. The average Bonchev–Trinajstić information content (AvgIpc) is 3.17. The van der Waals surface area contributed by atoms with Crippen molar-refractivity contribution in [3.05, 3.63) is 48.5 Å². The van der Waals surface area contributed by atoms with Crippen molar-refractivity contribution < 1.29 is 14.1 Å². The van der Waals surface area contributed by atoms with Gasteiger partial charge < -0.3 is 9.64 Å². The quantitative estimate of drug-likeness (QED) is 0.266. The molecule has 1 fully saturated rings. The number of nitrogens with zero attached hydrogens (tertiary/aromatic N) is 3. The average molecular weight is 491 g/mol. The number of carbonyl (C=O) groups is 1. The summed E-state index contributed by atoms with van der Waals surface area (Å²) >= 11 is 0. The molecule has 1 saturated carbocycles. The van der Waals surface area contributed by atoms with E-state index < -0.39 is 6.04 Å². The molecule has 1 aliphatic rings. The summed E-state index contributed by atoms with van der Waals surface area (Å²) in [6.45, 7) is 15.1. The zero-order chi connectivity index (χ0) is 26.0. The monoisotopic (exact) mass is 490 g/mol. The molecule has 1 aliphatic carbocycles. The Hall–Kier alpha value is -2.82. The highest BCUT2D eigenvalue weighted by molar-refractivity contribution is 5.82. The van der Waals surface area contributed by atoms with Gasteiger partial charge in [-0.15, -0.1) is 0 Å². The van der Waals surface area contributed by atoms with E-state index in [4.69, 9.17) is 4.74 Å². The Balaban J connectivity index is 1.71. The minimum atomic E-state index is -0.432. The molecule has 4 atom stereocenters. The summed E-state index contributed by atoms with van der Waals surface area (Å²) in [7, 11) is 2.09. The van der Waals surface area contributed by atoms with E-state index in [0.29, 0.717) is 17.8 Å². The molecule has 1 aromatic heterocycles. The Kier molecular flexibility index (Phi) is 8.07. The first kappa shape index (κ1) is 26.2. The molecule has 2 aromatic carbocycles. The predicted molar refractivity (Wildman–Crippen MR) is 148 cm³/mol. The molecular formula is C31H44N3O2+. The molecular weight excluding hydrogens is 446 g/mol. The molecule has 0 aliphatic heterocycles. The number of anilines is 1. The largest absolute Gasteiger partial charge is 0.459 e. The van der Waals surface area contributed by atoms with Crippen LogP contribution in [-0.2, 0) is 16.6 Å². The van der Waals surface area contributed by atoms with Crippen molar-refractivity contribution in [3.63, 3.8) is 0 Å². The fraction of sp³-hybridized carbons (Fsp3) is 0.548. The van der Waals surface area contributed by atoms with Crippen LogP contribution in [0.15, 0.2) is 48.5 Å². The van der Waals surface area contributed by atoms with Crippen LogP contribution in [0, 0.1) is 17.8 Å². The Labute approximate surface area is 217 Å². The fourth-order valence-electron chi connectivity index (χ4n) is 6.08. The van der Waals surface area contributed by atoms with Gasteiger partial charge in [0.05, 0.1) is 12.6 Å². The van der Waals surface area contributed by atoms with E-state index in [9.17, 15) is 4.79 Å². The van der Waals surface area contributed by atoms with Crippen LogP contribution in [0.3, 0.4) is 0 Å². The zero-order valence-corrected chi connectivity index (χ0v) is 23.2. The highest BCUT2D eigenvalue weighted by atomic mass is 16.5. The van der Waals surface area contributed by atoms with Crippen molar-refractivity contribution in [2.45, 2.75) is 73.0 Å². The number of fused-ring (bicyclic) bond motifs is 1. The van der Waals surface area contributed by atoms with Crippen molar-refractivity contribution >= 4 is 22.7 Å². The summed E-state index contributed by atoms with van der Waals surface area (Å²) in [5.74, 6) is 2.42. The lowest BCUT2D eigenvalue weighted by molar-refractivity contribution is -0.634. The highest BCUT2D eigenvalue weighted by Gasteiger charge is 2.37. The van der Waals surface area contributed by atoms with Gasteiger partial charge in [-0.3, -0.25) is 0 Å². The maximum absolute atomic E-state index is 13.7. The summed E-state index contributed by atoms with van der Waals surface area (Å²) in [5, 5.41) is 0. The van der Waals surface area contributed by atoms with E-state index in [1.807, 2.05) is 13.0 Å². The standard InChI is InChI=1S/C31H44N3O2/c1-8-33(9-2)25-17-15-24(16-18-25)30-32(7)27-12-10-11-13-28(27)34(30)23(6)31(35)36-29-20-22(5)14-19-26(29)21(3)4/h10-13,15-18,21-23,26,29H,8-9,14,19-20H2,1-7H3/q+1/t22-,23-,26+,29-/m1/s1. The van der Waals surface area contributed by atoms with Crippen molar-refractivity contribution in [3.8, 4) is 11.4 Å². The number of aryl methyl sites for hydroxylation is 1. The molecule has 1 heterocycles. The van der Waals surface area contributed by atoms with Gasteiger partial charge >= 0.3 is 5.97 Å². The van der Waals surface area contributed by atoms with Crippen LogP contribution in [0.25, 0.3) is 22.4 Å². The number of rotatable bonds is 8. The number of imidazole rings is 1. The molecule has 3 aromatic rings. The summed E-state index contributed by atoms with van der Waals surface area (Å²) < 4.78 is 10.7. The third-order valence-corrected chi connectivity index (χ3v) is 8.26. The van der Waals surface area contributed by atoms with Gasteiger partial charge in [-0.25, -0.2) is 13.9 Å². The molecule has 36 heavy (non-hydrogen) atoms. The van der Waals surface area contributed by atoms with E-state index in [1.165, 1.54) is 12.1 Å². The number of benzene rings is 2. The normalized spacial score (nSPS) is 21.1. The third-order valence-electron chi connectivity index (χ3n) is 8.26. The van der Waals surface area contributed by atoms with Gasteiger partial charge in [-0.2, -0.15) is 0 Å². The second kappa shape index (κ2) is 11.1. The molecule has 0 unspecified atom stereocenters. The maximum atomic E-state index is 13.7. The molecule has 0 amide bonds. The predicted octanol–water partition coefficient (Wildman–Crippen LogP) is 6.54. The van der Waals surface area contributed by atoms with E-state index in [-0.39, 0.29) is 12.1 Å². The number of carbonyl (C=O) groups excluding carboxylic acids is 1. The number of aromatic nitrogens is 2. The van der Waals surface area contributed by atoms with E-state index in [1.54, 1.807) is 0 Å². The highest BCUT2D eigenvalue weighted by Crippen LogP contribution is 2.36. The van der Waals surface area contributed by atoms with Crippen LogP contribution >= 0.6 is 0 Å². The van der Waals surface area contributed by atoms with Crippen LogP contribution < -0.4 is 9.47 Å².